The maximum atomic E-state index is 12.3. The predicted octanol–water partition coefficient (Wildman–Crippen LogP) is 1.97. The molecule has 1 aliphatic carbocycles. The molecule has 6 heteroatoms. The fraction of sp³-hybridized carbons (Fsp3) is 0.750. The normalized spacial score (nSPS) is 25.9. The van der Waals surface area contributed by atoms with Crippen LogP contribution in [0.25, 0.3) is 0 Å². The van der Waals surface area contributed by atoms with Crippen LogP contribution in [0.2, 0.25) is 0 Å². The summed E-state index contributed by atoms with van der Waals surface area (Å²) >= 11 is 0. The number of aromatic nitrogens is 2. The SMILES string of the molecule is Cc1[nH]ncc1S(=O)(=O)NC1CCCCCC1C. The van der Waals surface area contributed by atoms with Gasteiger partial charge in [0.05, 0.1) is 11.9 Å². The van der Waals surface area contributed by atoms with Gasteiger partial charge in [-0.1, -0.05) is 26.2 Å². The van der Waals surface area contributed by atoms with Gasteiger partial charge in [0.15, 0.2) is 0 Å². The van der Waals surface area contributed by atoms with E-state index in [9.17, 15) is 8.42 Å². The minimum Gasteiger partial charge on any atom is -0.281 e. The Bertz CT molecular complexity index is 495. The zero-order valence-corrected chi connectivity index (χ0v) is 11.8. The molecule has 2 atom stereocenters. The minimum atomic E-state index is -3.44. The molecule has 18 heavy (non-hydrogen) atoms. The number of H-pyrrole nitrogens is 1. The third-order valence-electron chi connectivity index (χ3n) is 3.74. The molecule has 5 nitrogen and oxygen atoms in total. The fourth-order valence-electron chi connectivity index (χ4n) is 2.54. The Balaban J connectivity index is 2.15. The van der Waals surface area contributed by atoms with Gasteiger partial charge in [-0.3, -0.25) is 5.10 Å². The molecule has 1 aliphatic rings. The second-order valence-corrected chi connectivity index (χ2v) is 6.88. The summed E-state index contributed by atoms with van der Waals surface area (Å²) in [4.78, 5) is 0.263. The second kappa shape index (κ2) is 5.40. The van der Waals surface area contributed by atoms with Gasteiger partial charge < -0.3 is 0 Å². The molecule has 0 radical (unpaired) electrons. The van der Waals surface area contributed by atoms with Crippen molar-refractivity contribution in [1.82, 2.24) is 14.9 Å². The molecule has 0 aromatic carbocycles. The quantitative estimate of drug-likeness (QED) is 0.825. The van der Waals surface area contributed by atoms with E-state index in [1.54, 1.807) is 6.92 Å². The molecule has 1 aromatic rings. The Labute approximate surface area is 108 Å². The Hall–Kier alpha value is -0.880. The highest BCUT2D eigenvalue weighted by Crippen LogP contribution is 2.24. The largest absolute Gasteiger partial charge is 0.281 e. The molecule has 0 bridgehead atoms. The van der Waals surface area contributed by atoms with Gasteiger partial charge in [0.2, 0.25) is 10.0 Å². The van der Waals surface area contributed by atoms with E-state index in [2.05, 4.69) is 21.8 Å². The standard InChI is InChI=1S/C12H21N3O2S/c1-9-6-4-3-5-7-11(9)15-18(16,17)12-8-13-14-10(12)2/h8-9,11,15H,3-7H2,1-2H3,(H,13,14). The lowest BCUT2D eigenvalue weighted by Gasteiger charge is -2.22. The first-order valence-corrected chi connectivity index (χ1v) is 8.01. The van der Waals surface area contributed by atoms with Crippen molar-refractivity contribution in [2.45, 2.75) is 56.9 Å². The van der Waals surface area contributed by atoms with Crippen LogP contribution in [0.4, 0.5) is 0 Å². The van der Waals surface area contributed by atoms with Gasteiger partial charge in [-0.05, 0) is 25.7 Å². The molecule has 1 heterocycles. The van der Waals surface area contributed by atoms with Gasteiger partial charge in [-0.25, -0.2) is 13.1 Å². The van der Waals surface area contributed by atoms with Gasteiger partial charge in [-0.2, -0.15) is 5.10 Å². The summed E-state index contributed by atoms with van der Waals surface area (Å²) in [6.45, 7) is 3.85. The van der Waals surface area contributed by atoms with E-state index in [-0.39, 0.29) is 10.9 Å². The first-order chi connectivity index (χ1) is 8.50. The van der Waals surface area contributed by atoms with Crippen molar-refractivity contribution >= 4 is 10.0 Å². The summed E-state index contributed by atoms with van der Waals surface area (Å²) in [5, 5.41) is 6.44. The number of sulfonamides is 1. The van der Waals surface area contributed by atoms with E-state index in [1.165, 1.54) is 19.0 Å². The fourth-order valence-corrected chi connectivity index (χ4v) is 4.06. The Kier molecular flexibility index (Phi) is 4.07. The molecule has 2 unspecified atom stereocenters. The third-order valence-corrected chi connectivity index (χ3v) is 5.34. The van der Waals surface area contributed by atoms with E-state index >= 15 is 0 Å². The van der Waals surface area contributed by atoms with Crippen LogP contribution in [0.1, 0.15) is 44.7 Å². The molecule has 0 amide bonds. The average Bonchev–Trinajstić information content (AvgIpc) is 2.64. The second-order valence-electron chi connectivity index (χ2n) is 5.20. The van der Waals surface area contributed by atoms with E-state index in [4.69, 9.17) is 0 Å². The highest BCUT2D eigenvalue weighted by molar-refractivity contribution is 7.89. The number of nitrogens with one attached hydrogen (secondary N) is 2. The third kappa shape index (κ3) is 2.92. The Morgan fingerprint density at radius 1 is 1.33 bits per heavy atom. The summed E-state index contributed by atoms with van der Waals surface area (Å²) in [5.74, 6) is 0.398. The van der Waals surface area contributed by atoms with Gasteiger partial charge in [0, 0.05) is 6.04 Å². The van der Waals surface area contributed by atoms with Crippen LogP contribution in [0.15, 0.2) is 11.1 Å². The van der Waals surface area contributed by atoms with Crippen LogP contribution < -0.4 is 4.72 Å². The molecule has 0 saturated heterocycles. The minimum absolute atomic E-state index is 0.0480. The molecule has 1 fully saturated rings. The van der Waals surface area contributed by atoms with E-state index in [0.717, 1.165) is 19.3 Å². The first-order valence-electron chi connectivity index (χ1n) is 6.53. The highest BCUT2D eigenvalue weighted by atomic mass is 32.2. The van der Waals surface area contributed by atoms with E-state index in [1.807, 2.05) is 0 Å². The highest BCUT2D eigenvalue weighted by Gasteiger charge is 2.27. The van der Waals surface area contributed by atoms with Gasteiger partial charge >= 0.3 is 0 Å². The van der Waals surface area contributed by atoms with Crippen LogP contribution in [0.5, 0.6) is 0 Å². The number of aromatic amines is 1. The molecule has 2 rings (SSSR count). The maximum absolute atomic E-state index is 12.3. The first kappa shape index (κ1) is 13.5. The molecule has 102 valence electrons. The zero-order valence-electron chi connectivity index (χ0n) is 10.9. The molecule has 1 aromatic heterocycles. The number of nitrogens with zero attached hydrogens (tertiary/aromatic N) is 1. The smallest absolute Gasteiger partial charge is 0.244 e. The predicted molar refractivity (Wildman–Crippen MR) is 69.7 cm³/mol. The van der Waals surface area contributed by atoms with E-state index < -0.39 is 10.0 Å². The van der Waals surface area contributed by atoms with Crippen molar-refractivity contribution in [3.05, 3.63) is 11.9 Å². The van der Waals surface area contributed by atoms with Crippen molar-refractivity contribution in [2.24, 2.45) is 5.92 Å². The Morgan fingerprint density at radius 2 is 2.06 bits per heavy atom. The lowest BCUT2D eigenvalue weighted by atomic mass is 9.98. The number of aryl methyl sites for hydroxylation is 1. The monoisotopic (exact) mass is 271 g/mol. The number of rotatable bonds is 3. The van der Waals surface area contributed by atoms with Crippen LogP contribution >= 0.6 is 0 Å². The van der Waals surface area contributed by atoms with Gasteiger partial charge in [0.1, 0.15) is 4.90 Å². The molecular formula is C12H21N3O2S. The lowest BCUT2D eigenvalue weighted by molar-refractivity contribution is 0.399. The summed E-state index contributed by atoms with van der Waals surface area (Å²) in [5.41, 5.74) is 0.587. The van der Waals surface area contributed by atoms with Crippen LogP contribution in [-0.4, -0.2) is 24.7 Å². The van der Waals surface area contributed by atoms with Crippen molar-refractivity contribution in [3.8, 4) is 0 Å². The average molecular weight is 271 g/mol. The molecule has 0 aliphatic heterocycles. The maximum Gasteiger partial charge on any atom is 0.244 e. The Morgan fingerprint density at radius 3 is 2.72 bits per heavy atom. The number of hydrogen-bond donors (Lipinski definition) is 2. The van der Waals surface area contributed by atoms with Gasteiger partial charge in [0.25, 0.3) is 0 Å². The number of hydrogen-bond acceptors (Lipinski definition) is 3. The summed E-state index contributed by atoms with van der Waals surface area (Å²) < 4.78 is 27.4. The molecular weight excluding hydrogens is 250 g/mol. The van der Waals surface area contributed by atoms with Crippen LogP contribution in [-0.2, 0) is 10.0 Å². The van der Waals surface area contributed by atoms with Gasteiger partial charge in [-0.15, -0.1) is 0 Å². The topological polar surface area (TPSA) is 74.8 Å². The molecule has 2 N–H and O–H groups in total. The summed E-state index contributed by atoms with van der Waals surface area (Å²) in [7, 11) is -3.44. The molecule has 0 spiro atoms. The van der Waals surface area contributed by atoms with Crippen molar-refractivity contribution in [3.63, 3.8) is 0 Å². The summed E-state index contributed by atoms with van der Waals surface area (Å²) in [6.07, 6.45) is 6.90. The van der Waals surface area contributed by atoms with Crippen molar-refractivity contribution in [1.29, 1.82) is 0 Å². The molecule has 1 saturated carbocycles. The van der Waals surface area contributed by atoms with E-state index in [0.29, 0.717) is 11.6 Å². The lowest BCUT2D eigenvalue weighted by Crippen LogP contribution is -2.38. The van der Waals surface area contributed by atoms with Crippen molar-refractivity contribution in [2.75, 3.05) is 0 Å². The van der Waals surface area contributed by atoms with Crippen LogP contribution in [0.3, 0.4) is 0 Å². The zero-order chi connectivity index (χ0) is 13.2. The summed E-state index contributed by atoms with van der Waals surface area (Å²) in [6, 6.07) is 0.0480. The van der Waals surface area contributed by atoms with Crippen LogP contribution in [0, 0.1) is 12.8 Å². The van der Waals surface area contributed by atoms with Crippen molar-refractivity contribution < 1.29 is 8.42 Å².